The number of carbonyl (C=O) groups is 1. The summed E-state index contributed by atoms with van der Waals surface area (Å²) in [5.74, 6) is -1.91. The van der Waals surface area contributed by atoms with Gasteiger partial charge in [0.1, 0.15) is 0 Å². The van der Waals surface area contributed by atoms with E-state index in [-0.39, 0.29) is 0 Å². The lowest BCUT2D eigenvalue weighted by molar-refractivity contribution is -0.150. The fourth-order valence-electron chi connectivity index (χ4n) is 1.30. The molecular weight excluding hydrogens is 299 g/mol. The zero-order valence-corrected chi connectivity index (χ0v) is 12.7. The van der Waals surface area contributed by atoms with Crippen LogP contribution in [-0.4, -0.2) is 37.0 Å². The summed E-state index contributed by atoms with van der Waals surface area (Å²) in [6.07, 6.45) is -6.18. The minimum Gasteiger partial charge on any atom is -0.481 e. The zero-order valence-electron chi connectivity index (χ0n) is 11.8. The second-order valence-electron chi connectivity index (χ2n) is 5.69. The fourth-order valence-corrected chi connectivity index (χ4v) is 2.96. The average molecular weight is 319 g/mol. The third-order valence-corrected chi connectivity index (χ3v) is 5.03. The van der Waals surface area contributed by atoms with Gasteiger partial charge in [-0.25, -0.2) is 13.1 Å². The Morgan fingerprint density at radius 2 is 1.60 bits per heavy atom. The highest BCUT2D eigenvalue weighted by molar-refractivity contribution is 7.89. The van der Waals surface area contributed by atoms with E-state index in [0.717, 1.165) is 0 Å². The topological polar surface area (TPSA) is 83.5 Å². The molecule has 0 aliphatic carbocycles. The fraction of sp³-hybridized carbons (Fsp3) is 0.909. The molecule has 0 fully saturated rings. The van der Waals surface area contributed by atoms with Crippen LogP contribution < -0.4 is 4.72 Å². The van der Waals surface area contributed by atoms with Crippen molar-refractivity contribution in [1.82, 2.24) is 4.72 Å². The first kappa shape index (κ1) is 19.2. The zero-order chi connectivity index (χ0) is 16.4. The summed E-state index contributed by atoms with van der Waals surface area (Å²) < 4.78 is 61.5. The minimum absolute atomic E-state index is 0.567. The van der Waals surface area contributed by atoms with Gasteiger partial charge in [0.15, 0.2) is 0 Å². The number of aliphatic carboxylic acids is 1. The van der Waals surface area contributed by atoms with E-state index < -0.39 is 51.7 Å². The highest BCUT2D eigenvalue weighted by Gasteiger charge is 2.45. The Morgan fingerprint density at radius 1 is 1.15 bits per heavy atom. The first-order valence-electron chi connectivity index (χ1n) is 5.92. The number of sulfonamides is 1. The van der Waals surface area contributed by atoms with Crippen LogP contribution in [0.2, 0.25) is 0 Å². The van der Waals surface area contributed by atoms with Gasteiger partial charge in [-0.2, -0.15) is 13.2 Å². The van der Waals surface area contributed by atoms with Crippen LogP contribution in [0.1, 0.15) is 40.5 Å². The minimum atomic E-state index is -4.41. The van der Waals surface area contributed by atoms with E-state index in [9.17, 15) is 26.4 Å². The number of rotatable bonds is 7. The summed E-state index contributed by atoms with van der Waals surface area (Å²) in [6.45, 7) is 5.44. The Bertz CT molecular complexity index is 455. The first-order chi connectivity index (χ1) is 8.61. The summed E-state index contributed by atoms with van der Waals surface area (Å²) in [5, 5.41) is 9.07. The molecule has 120 valence electrons. The monoisotopic (exact) mass is 319 g/mol. The number of carboxylic acid groups (broad SMARTS) is 1. The Balaban J connectivity index is 4.80. The van der Waals surface area contributed by atoms with E-state index in [1.165, 1.54) is 27.7 Å². The summed E-state index contributed by atoms with van der Waals surface area (Å²) in [7, 11) is -3.99. The van der Waals surface area contributed by atoms with E-state index >= 15 is 0 Å². The van der Waals surface area contributed by atoms with Crippen LogP contribution in [-0.2, 0) is 14.8 Å². The largest absolute Gasteiger partial charge is 0.481 e. The molecule has 0 unspecified atom stereocenters. The predicted octanol–water partition coefficient (Wildman–Crippen LogP) is 2.14. The lowest BCUT2D eigenvalue weighted by Crippen LogP contribution is -2.57. The molecule has 0 aliphatic heterocycles. The van der Waals surface area contributed by atoms with Crippen molar-refractivity contribution in [2.45, 2.75) is 52.3 Å². The molecule has 0 saturated carbocycles. The predicted molar refractivity (Wildman–Crippen MR) is 67.7 cm³/mol. The molecule has 0 bridgehead atoms. The van der Waals surface area contributed by atoms with Gasteiger partial charge in [0.25, 0.3) is 0 Å². The molecule has 5 nitrogen and oxygen atoms in total. The van der Waals surface area contributed by atoms with Crippen molar-refractivity contribution in [2.75, 3.05) is 5.75 Å². The molecule has 0 aromatic heterocycles. The molecule has 0 aliphatic rings. The Labute approximate surface area is 116 Å². The van der Waals surface area contributed by atoms with Gasteiger partial charge in [0.05, 0.1) is 11.2 Å². The van der Waals surface area contributed by atoms with Crippen LogP contribution in [0.15, 0.2) is 0 Å². The summed E-state index contributed by atoms with van der Waals surface area (Å²) in [5.41, 5.74) is -2.75. The van der Waals surface area contributed by atoms with Gasteiger partial charge < -0.3 is 5.11 Å². The molecule has 2 N–H and O–H groups in total. The Morgan fingerprint density at radius 3 is 1.95 bits per heavy atom. The molecule has 0 amide bonds. The number of alkyl halides is 3. The van der Waals surface area contributed by atoms with E-state index in [0.29, 0.717) is 0 Å². The van der Waals surface area contributed by atoms with Gasteiger partial charge in [-0.3, -0.25) is 4.79 Å². The second kappa shape index (κ2) is 5.88. The van der Waals surface area contributed by atoms with Crippen molar-refractivity contribution >= 4 is 16.0 Å². The van der Waals surface area contributed by atoms with Gasteiger partial charge in [0.2, 0.25) is 10.0 Å². The number of nitrogens with one attached hydrogen (secondary N) is 1. The molecule has 0 aromatic rings. The van der Waals surface area contributed by atoms with Crippen LogP contribution >= 0.6 is 0 Å². The van der Waals surface area contributed by atoms with Crippen LogP contribution in [0.25, 0.3) is 0 Å². The van der Waals surface area contributed by atoms with E-state index in [2.05, 4.69) is 4.72 Å². The highest BCUT2D eigenvalue weighted by atomic mass is 32.2. The van der Waals surface area contributed by atoms with Crippen molar-refractivity contribution in [3.8, 4) is 0 Å². The van der Waals surface area contributed by atoms with Crippen LogP contribution in [0.3, 0.4) is 0 Å². The third kappa shape index (κ3) is 5.66. The van der Waals surface area contributed by atoms with E-state index in [1.54, 1.807) is 0 Å². The second-order valence-corrected chi connectivity index (χ2v) is 7.54. The number of hydrogen-bond acceptors (Lipinski definition) is 3. The Hall–Kier alpha value is -0.830. The lowest BCUT2D eigenvalue weighted by atomic mass is 9.75. The maximum Gasteiger partial charge on any atom is 0.389 e. The Kier molecular flexibility index (Phi) is 5.64. The number of carboxylic acids is 1. The molecule has 0 saturated heterocycles. The van der Waals surface area contributed by atoms with Crippen molar-refractivity contribution < 1.29 is 31.5 Å². The van der Waals surface area contributed by atoms with Crippen molar-refractivity contribution in [2.24, 2.45) is 5.41 Å². The quantitative estimate of drug-likeness (QED) is 0.753. The smallest absolute Gasteiger partial charge is 0.389 e. The van der Waals surface area contributed by atoms with E-state index in [1.807, 2.05) is 0 Å². The van der Waals surface area contributed by atoms with Gasteiger partial charge in [-0.1, -0.05) is 0 Å². The molecule has 0 spiro atoms. The molecule has 0 atom stereocenters. The van der Waals surface area contributed by atoms with Crippen LogP contribution in [0, 0.1) is 5.41 Å². The SMILES string of the molecule is CC(C)(NS(=O)(=O)CCCC(F)(F)F)C(C)(C)C(=O)O. The number of halogens is 3. The highest BCUT2D eigenvalue weighted by Crippen LogP contribution is 2.31. The van der Waals surface area contributed by atoms with E-state index in [4.69, 9.17) is 5.11 Å². The number of hydrogen-bond donors (Lipinski definition) is 2. The molecule has 9 heteroatoms. The molecule has 0 heterocycles. The maximum atomic E-state index is 12.0. The molecular formula is C11H20F3NO4S. The summed E-state index contributed by atoms with van der Waals surface area (Å²) >= 11 is 0. The van der Waals surface area contributed by atoms with Crippen LogP contribution in [0.4, 0.5) is 13.2 Å². The van der Waals surface area contributed by atoms with Crippen molar-refractivity contribution in [1.29, 1.82) is 0 Å². The molecule has 20 heavy (non-hydrogen) atoms. The van der Waals surface area contributed by atoms with Gasteiger partial charge in [-0.15, -0.1) is 0 Å². The third-order valence-electron chi connectivity index (χ3n) is 3.38. The van der Waals surface area contributed by atoms with Crippen LogP contribution in [0.5, 0.6) is 0 Å². The van der Waals surface area contributed by atoms with Gasteiger partial charge in [-0.05, 0) is 34.1 Å². The van der Waals surface area contributed by atoms with Gasteiger partial charge in [0, 0.05) is 12.0 Å². The first-order valence-corrected chi connectivity index (χ1v) is 7.58. The average Bonchev–Trinajstić information content (AvgIpc) is 2.11. The summed E-state index contributed by atoms with van der Waals surface area (Å²) in [4.78, 5) is 11.1. The summed E-state index contributed by atoms with van der Waals surface area (Å²) in [6, 6.07) is 0. The normalized spacial score (nSPS) is 14.3. The molecule has 0 aromatic carbocycles. The molecule has 0 radical (unpaired) electrons. The molecule has 0 rings (SSSR count). The van der Waals surface area contributed by atoms with Crippen molar-refractivity contribution in [3.05, 3.63) is 0 Å². The lowest BCUT2D eigenvalue weighted by Gasteiger charge is -2.38. The van der Waals surface area contributed by atoms with Crippen molar-refractivity contribution in [3.63, 3.8) is 0 Å². The maximum absolute atomic E-state index is 12.0. The standard InChI is InChI=1S/C11H20F3NO4S/c1-9(2,8(16)17)10(3,4)15-20(18,19)7-5-6-11(12,13)14/h15H,5-7H2,1-4H3,(H,16,17). The van der Waals surface area contributed by atoms with Gasteiger partial charge >= 0.3 is 12.1 Å².